The molecule has 5 nitrogen and oxygen atoms in total. The molecule has 0 radical (unpaired) electrons. The van der Waals surface area contributed by atoms with E-state index in [0.29, 0.717) is 17.2 Å². The molecule has 2 aromatic carbocycles. The van der Waals surface area contributed by atoms with Crippen molar-refractivity contribution in [2.45, 2.75) is 13.5 Å². The van der Waals surface area contributed by atoms with Crippen molar-refractivity contribution >= 4 is 32.6 Å². The van der Waals surface area contributed by atoms with Crippen molar-refractivity contribution in [2.75, 3.05) is 12.0 Å². The molecule has 6 heteroatoms. The van der Waals surface area contributed by atoms with E-state index in [1.165, 1.54) is 11.3 Å². The summed E-state index contributed by atoms with van der Waals surface area (Å²) < 4.78 is 6.29. The van der Waals surface area contributed by atoms with Gasteiger partial charge >= 0.3 is 0 Å². The van der Waals surface area contributed by atoms with Gasteiger partial charge in [0.05, 0.1) is 23.9 Å². The fourth-order valence-electron chi connectivity index (χ4n) is 2.99. The van der Waals surface area contributed by atoms with Crippen LogP contribution < -0.4 is 9.64 Å². The van der Waals surface area contributed by atoms with Crippen LogP contribution in [0.1, 0.15) is 21.5 Å². The highest BCUT2D eigenvalue weighted by Gasteiger charge is 2.23. The number of rotatable bonds is 5. The minimum Gasteiger partial charge on any atom is -0.497 e. The highest BCUT2D eigenvalue weighted by Crippen LogP contribution is 2.33. The fourth-order valence-corrected chi connectivity index (χ4v) is 3.99. The van der Waals surface area contributed by atoms with Gasteiger partial charge in [0.25, 0.3) is 5.91 Å². The second-order valence-corrected chi connectivity index (χ2v) is 7.41. The third-order valence-corrected chi connectivity index (χ3v) is 5.54. The minimum absolute atomic E-state index is 0.0759. The predicted molar refractivity (Wildman–Crippen MR) is 112 cm³/mol. The number of aromatic nitrogens is 2. The van der Waals surface area contributed by atoms with E-state index in [1.54, 1.807) is 24.4 Å². The highest BCUT2D eigenvalue weighted by atomic mass is 32.1. The van der Waals surface area contributed by atoms with Crippen molar-refractivity contribution < 1.29 is 9.53 Å². The lowest BCUT2D eigenvalue weighted by molar-refractivity contribution is 0.0984. The summed E-state index contributed by atoms with van der Waals surface area (Å²) in [6.07, 6.45) is 3.50. The number of carbonyl (C=O) groups excluding carboxylic acids is 1. The summed E-state index contributed by atoms with van der Waals surface area (Å²) in [5, 5.41) is 0.653. The van der Waals surface area contributed by atoms with E-state index in [9.17, 15) is 4.79 Å². The smallest absolute Gasteiger partial charge is 0.260 e. The molecule has 2 aromatic heterocycles. The lowest BCUT2D eigenvalue weighted by atomic mass is 10.1. The van der Waals surface area contributed by atoms with Crippen LogP contribution in [0.4, 0.5) is 5.13 Å². The molecule has 0 bridgehead atoms. The average Bonchev–Trinajstić information content (AvgIpc) is 3.15. The van der Waals surface area contributed by atoms with Gasteiger partial charge in [0, 0.05) is 18.0 Å². The lowest BCUT2D eigenvalue weighted by Crippen LogP contribution is -2.30. The van der Waals surface area contributed by atoms with Crippen molar-refractivity contribution in [1.29, 1.82) is 0 Å². The van der Waals surface area contributed by atoms with Gasteiger partial charge in [-0.05, 0) is 48.4 Å². The Labute approximate surface area is 167 Å². The molecule has 0 aliphatic carbocycles. The molecule has 0 aliphatic rings. The minimum atomic E-state index is -0.0759. The zero-order valence-electron chi connectivity index (χ0n) is 15.6. The maximum Gasteiger partial charge on any atom is 0.260 e. The molecule has 4 aromatic rings. The Morgan fingerprint density at radius 3 is 2.75 bits per heavy atom. The number of amides is 1. The van der Waals surface area contributed by atoms with Gasteiger partial charge < -0.3 is 4.74 Å². The number of fused-ring (bicyclic) bond motifs is 1. The molecule has 0 unspecified atom stereocenters. The van der Waals surface area contributed by atoms with Crippen molar-refractivity contribution in [2.24, 2.45) is 0 Å². The van der Waals surface area contributed by atoms with Crippen molar-refractivity contribution in [3.05, 3.63) is 83.7 Å². The van der Waals surface area contributed by atoms with Gasteiger partial charge in [-0.2, -0.15) is 0 Å². The zero-order chi connectivity index (χ0) is 19.5. The molecule has 4 rings (SSSR count). The monoisotopic (exact) mass is 389 g/mol. The Bertz CT molecular complexity index is 1130. The third-order valence-electron chi connectivity index (χ3n) is 4.50. The van der Waals surface area contributed by atoms with Gasteiger partial charge in [0.1, 0.15) is 5.75 Å². The molecular weight excluding hydrogens is 370 g/mol. The fraction of sp³-hybridized carbons (Fsp3) is 0.136. The van der Waals surface area contributed by atoms with Gasteiger partial charge in [-0.25, -0.2) is 4.98 Å². The van der Waals surface area contributed by atoms with Crippen LogP contribution in [0.15, 0.2) is 67.0 Å². The molecule has 2 heterocycles. The van der Waals surface area contributed by atoms with Crippen LogP contribution in [-0.4, -0.2) is 23.0 Å². The number of thiazole rings is 1. The van der Waals surface area contributed by atoms with E-state index in [1.807, 2.05) is 61.5 Å². The van der Waals surface area contributed by atoms with E-state index in [2.05, 4.69) is 4.98 Å². The number of hydrogen-bond acceptors (Lipinski definition) is 5. The summed E-state index contributed by atoms with van der Waals surface area (Å²) in [5.41, 5.74) is 3.39. The number of anilines is 1. The first-order valence-electron chi connectivity index (χ1n) is 8.86. The van der Waals surface area contributed by atoms with Crippen molar-refractivity contribution in [3.8, 4) is 5.75 Å². The van der Waals surface area contributed by atoms with Crippen molar-refractivity contribution in [1.82, 2.24) is 9.97 Å². The average molecular weight is 389 g/mol. The topological polar surface area (TPSA) is 55.3 Å². The molecule has 0 fully saturated rings. The van der Waals surface area contributed by atoms with E-state index in [-0.39, 0.29) is 5.91 Å². The molecule has 0 N–H and O–H groups in total. The Morgan fingerprint density at radius 1 is 1.14 bits per heavy atom. The maximum absolute atomic E-state index is 13.4. The third kappa shape index (κ3) is 3.59. The summed E-state index contributed by atoms with van der Waals surface area (Å²) in [6, 6.07) is 17.2. The van der Waals surface area contributed by atoms with Crippen LogP contribution in [-0.2, 0) is 6.54 Å². The van der Waals surface area contributed by atoms with Gasteiger partial charge in [0.2, 0.25) is 0 Å². The number of pyridine rings is 1. The van der Waals surface area contributed by atoms with Crippen LogP contribution >= 0.6 is 11.3 Å². The van der Waals surface area contributed by atoms with Gasteiger partial charge in [-0.15, -0.1) is 0 Å². The highest BCUT2D eigenvalue weighted by molar-refractivity contribution is 7.22. The number of carbonyl (C=O) groups is 1. The molecule has 1 amide bonds. The number of aryl methyl sites for hydroxylation is 1. The number of hydrogen-bond donors (Lipinski definition) is 0. The van der Waals surface area contributed by atoms with Crippen LogP contribution in [0.3, 0.4) is 0 Å². The first kappa shape index (κ1) is 18.1. The van der Waals surface area contributed by atoms with E-state index >= 15 is 0 Å². The van der Waals surface area contributed by atoms with Crippen LogP contribution in [0, 0.1) is 6.92 Å². The van der Waals surface area contributed by atoms with Gasteiger partial charge in [-0.3, -0.25) is 14.7 Å². The molecule has 0 aliphatic heterocycles. The number of ether oxygens (including phenoxy) is 1. The quantitative estimate of drug-likeness (QED) is 0.489. The largest absolute Gasteiger partial charge is 0.497 e. The molecule has 0 saturated heterocycles. The zero-order valence-corrected chi connectivity index (χ0v) is 16.4. The summed E-state index contributed by atoms with van der Waals surface area (Å²) in [5.74, 6) is 0.694. The first-order chi connectivity index (χ1) is 13.7. The summed E-state index contributed by atoms with van der Waals surface area (Å²) in [6.45, 7) is 2.34. The standard InChI is InChI=1S/C22H19N3O2S/c1-15-6-3-4-8-18(15)21(26)25(14-16-7-5-11-23-13-16)22-24-19-10-9-17(27-2)12-20(19)28-22/h3-13H,14H2,1-2H3. The molecule has 0 spiro atoms. The second kappa shape index (κ2) is 7.78. The normalized spacial score (nSPS) is 10.8. The van der Waals surface area contributed by atoms with Gasteiger partial charge in [-0.1, -0.05) is 35.6 Å². The maximum atomic E-state index is 13.4. The predicted octanol–water partition coefficient (Wildman–Crippen LogP) is 4.86. The molecule has 0 atom stereocenters. The van der Waals surface area contributed by atoms with E-state index in [4.69, 9.17) is 9.72 Å². The summed E-state index contributed by atoms with van der Waals surface area (Å²) in [4.78, 5) is 24.0. The van der Waals surface area contributed by atoms with Crippen LogP contribution in [0.25, 0.3) is 10.2 Å². The SMILES string of the molecule is COc1ccc2nc(N(Cc3cccnc3)C(=O)c3ccccc3C)sc2c1. The summed E-state index contributed by atoms with van der Waals surface area (Å²) in [7, 11) is 1.64. The Hall–Kier alpha value is -3.25. The lowest BCUT2D eigenvalue weighted by Gasteiger charge is -2.21. The Kier molecular flexibility index (Phi) is 5.04. The first-order valence-corrected chi connectivity index (χ1v) is 9.68. The second-order valence-electron chi connectivity index (χ2n) is 6.40. The molecule has 28 heavy (non-hydrogen) atoms. The number of benzene rings is 2. The number of nitrogens with zero attached hydrogens (tertiary/aromatic N) is 3. The Balaban J connectivity index is 1.78. The van der Waals surface area contributed by atoms with Crippen molar-refractivity contribution in [3.63, 3.8) is 0 Å². The van der Waals surface area contributed by atoms with E-state index in [0.717, 1.165) is 27.1 Å². The summed E-state index contributed by atoms with van der Waals surface area (Å²) >= 11 is 1.48. The van der Waals surface area contributed by atoms with Gasteiger partial charge in [0.15, 0.2) is 5.13 Å². The van der Waals surface area contributed by atoms with Crippen LogP contribution in [0.2, 0.25) is 0 Å². The van der Waals surface area contributed by atoms with Crippen LogP contribution in [0.5, 0.6) is 5.75 Å². The molecule has 0 saturated carbocycles. The Morgan fingerprint density at radius 2 is 2.00 bits per heavy atom. The van der Waals surface area contributed by atoms with E-state index < -0.39 is 0 Å². The molecular formula is C22H19N3O2S. The molecule has 140 valence electrons. The number of methoxy groups -OCH3 is 1.